The fourth-order valence-electron chi connectivity index (χ4n) is 3.14. The molecular formula is C14H23N3O. The molecule has 2 rings (SSSR count). The van der Waals surface area contributed by atoms with Crippen molar-refractivity contribution < 1.29 is 4.79 Å². The summed E-state index contributed by atoms with van der Waals surface area (Å²) in [5.41, 5.74) is -0.719. The molecule has 2 fully saturated rings. The molecular weight excluding hydrogens is 226 g/mol. The van der Waals surface area contributed by atoms with E-state index in [1.807, 2.05) is 0 Å². The first-order chi connectivity index (χ1) is 8.70. The minimum absolute atomic E-state index is 0.0301. The Morgan fingerprint density at radius 1 is 1.50 bits per heavy atom. The van der Waals surface area contributed by atoms with Crippen LogP contribution in [0.5, 0.6) is 0 Å². The highest BCUT2D eigenvalue weighted by molar-refractivity contribution is 5.85. The van der Waals surface area contributed by atoms with Crippen LogP contribution in [0.2, 0.25) is 0 Å². The van der Waals surface area contributed by atoms with Crippen LogP contribution >= 0.6 is 0 Å². The van der Waals surface area contributed by atoms with Gasteiger partial charge in [0.25, 0.3) is 0 Å². The van der Waals surface area contributed by atoms with E-state index in [1.165, 1.54) is 0 Å². The van der Waals surface area contributed by atoms with E-state index in [9.17, 15) is 10.1 Å². The summed E-state index contributed by atoms with van der Waals surface area (Å²) >= 11 is 0. The zero-order valence-electron chi connectivity index (χ0n) is 11.2. The Labute approximate surface area is 109 Å². The Bertz CT molecular complexity index is 341. The molecule has 1 saturated carbocycles. The number of carbonyl (C=O) groups excluding carboxylic acids is 1. The number of rotatable bonds is 4. The van der Waals surface area contributed by atoms with Gasteiger partial charge in [0.2, 0.25) is 5.91 Å². The maximum atomic E-state index is 12.2. The molecule has 0 bridgehead atoms. The average molecular weight is 249 g/mol. The van der Waals surface area contributed by atoms with Gasteiger partial charge in [-0.25, -0.2) is 0 Å². The van der Waals surface area contributed by atoms with Gasteiger partial charge in [-0.1, -0.05) is 19.8 Å². The normalized spacial score (nSPS) is 27.0. The summed E-state index contributed by atoms with van der Waals surface area (Å²) in [5, 5.41) is 12.3. The van der Waals surface area contributed by atoms with Gasteiger partial charge in [0.1, 0.15) is 5.41 Å². The molecule has 1 N–H and O–H groups in total. The molecule has 0 aromatic rings. The fraction of sp³-hybridized carbons (Fsp3) is 0.857. The van der Waals surface area contributed by atoms with Crippen molar-refractivity contribution in [2.45, 2.75) is 39.0 Å². The lowest BCUT2D eigenvalue weighted by atomic mass is 9.87. The number of nitrogens with zero attached hydrogens (tertiary/aromatic N) is 2. The van der Waals surface area contributed by atoms with Crippen LogP contribution in [0.1, 0.15) is 39.0 Å². The maximum absolute atomic E-state index is 12.2. The van der Waals surface area contributed by atoms with Gasteiger partial charge in [-0.2, -0.15) is 5.26 Å². The number of hydrogen-bond donors (Lipinski definition) is 1. The number of nitrogens with one attached hydrogen (secondary N) is 1. The summed E-state index contributed by atoms with van der Waals surface area (Å²) < 4.78 is 0. The average Bonchev–Trinajstić information content (AvgIpc) is 3.05. The largest absolute Gasteiger partial charge is 0.354 e. The van der Waals surface area contributed by atoms with Crippen LogP contribution in [-0.4, -0.2) is 37.0 Å². The number of carbonyl (C=O) groups is 1. The lowest BCUT2D eigenvalue weighted by Gasteiger charge is -2.21. The van der Waals surface area contributed by atoms with Crippen molar-refractivity contribution in [3.8, 4) is 6.07 Å². The minimum atomic E-state index is -0.719. The van der Waals surface area contributed by atoms with Crippen molar-refractivity contribution >= 4 is 5.91 Å². The number of hydrogen-bond acceptors (Lipinski definition) is 3. The molecule has 0 spiro atoms. The third kappa shape index (κ3) is 2.67. The Balaban J connectivity index is 1.80. The Kier molecular flexibility index (Phi) is 4.23. The van der Waals surface area contributed by atoms with E-state index in [-0.39, 0.29) is 5.91 Å². The summed E-state index contributed by atoms with van der Waals surface area (Å²) in [6.07, 6.45) is 4.65. The smallest absolute Gasteiger partial charge is 0.240 e. The van der Waals surface area contributed by atoms with Gasteiger partial charge in [-0.05, 0) is 38.3 Å². The van der Waals surface area contributed by atoms with Gasteiger partial charge < -0.3 is 10.2 Å². The Morgan fingerprint density at radius 3 is 2.78 bits per heavy atom. The van der Waals surface area contributed by atoms with Crippen molar-refractivity contribution in [2.75, 3.05) is 26.2 Å². The quantitative estimate of drug-likeness (QED) is 0.822. The Morgan fingerprint density at radius 2 is 2.22 bits per heavy atom. The van der Waals surface area contributed by atoms with E-state index < -0.39 is 5.41 Å². The first-order valence-electron chi connectivity index (χ1n) is 7.12. The molecule has 1 atom stereocenters. The topological polar surface area (TPSA) is 56.1 Å². The molecule has 1 aliphatic carbocycles. The molecule has 0 aromatic heterocycles. The molecule has 1 heterocycles. The first kappa shape index (κ1) is 13.4. The van der Waals surface area contributed by atoms with Gasteiger partial charge in [0.15, 0.2) is 0 Å². The third-order valence-electron chi connectivity index (χ3n) is 4.47. The molecule has 1 saturated heterocycles. The molecule has 1 aliphatic heterocycles. The van der Waals surface area contributed by atoms with Crippen molar-refractivity contribution in [1.29, 1.82) is 5.26 Å². The van der Waals surface area contributed by atoms with Crippen LogP contribution in [0.4, 0.5) is 0 Å². The lowest BCUT2D eigenvalue weighted by Crippen LogP contribution is -2.40. The molecule has 18 heavy (non-hydrogen) atoms. The molecule has 0 radical (unpaired) electrons. The summed E-state index contributed by atoms with van der Waals surface area (Å²) in [6, 6.07) is 2.25. The van der Waals surface area contributed by atoms with Gasteiger partial charge in [0, 0.05) is 13.1 Å². The van der Waals surface area contributed by atoms with E-state index >= 15 is 0 Å². The van der Waals surface area contributed by atoms with E-state index in [0.29, 0.717) is 5.92 Å². The SMILES string of the molecule is CCN1CCC(CNC(=O)C2(C#N)CCCC2)C1. The van der Waals surface area contributed by atoms with Crippen molar-refractivity contribution in [3.63, 3.8) is 0 Å². The van der Waals surface area contributed by atoms with Crippen LogP contribution in [0.3, 0.4) is 0 Å². The summed E-state index contributed by atoms with van der Waals surface area (Å²) in [6.45, 7) is 6.21. The Hall–Kier alpha value is -1.08. The van der Waals surface area contributed by atoms with E-state index in [4.69, 9.17) is 0 Å². The van der Waals surface area contributed by atoms with E-state index in [1.54, 1.807) is 0 Å². The number of likely N-dealkylation sites (tertiary alicyclic amines) is 1. The summed E-state index contributed by atoms with van der Waals surface area (Å²) in [5.74, 6) is 0.531. The van der Waals surface area contributed by atoms with Gasteiger partial charge in [-0.3, -0.25) is 4.79 Å². The fourth-order valence-corrected chi connectivity index (χ4v) is 3.14. The highest BCUT2D eigenvalue weighted by Crippen LogP contribution is 2.37. The standard InChI is InChI=1S/C14H23N3O/c1-2-17-8-5-12(10-17)9-16-13(18)14(11-15)6-3-4-7-14/h12H,2-10H2,1H3,(H,16,18). The summed E-state index contributed by atoms with van der Waals surface area (Å²) in [4.78, 5) is 14.6. The van der Waals surface area contributed by atoms with Crippen LogP contribution in [0, 0.1) is 22.7 Å². The predicted octanol–water partition coefficient (Wildman–Crippen LogP) is 1.53. The van der Waals surface area contributed by atoms with Crippen molar-refractivity contribution in [1.82, 2.24) is 10.2 Å². The van der Waals surface area contributed by atoms with E-state index in [0.717, 1.165) is 58.3 Å². The number of amides is 1. The van der Waals surface area contributed by atoms with Crippen LogP contribution in [0.15, 0.2) is 0 Å². The van der Waals surface area contributed by atoms with Gasteiger partial charge >= 0.3 is 0 Å². The second kappa shape index (κ2) is 5.71. The second-order valence-electron chi connectivity index (χ2n) is 5.66. The zero-order valence-corrected chi connectivity index (χ0v) is 11.2. The van der Waals surface area contributed by atoms with Crippen molar-refractivity contribution in [3.05, 3.63) is 0 Å². The molecule has 4 heteroatoms. The highest BCUT2D eigenvalue weighted by Gasteiger charge is 2.41. The molecule has 1 amide bonds. The molecule has 0 aromatic carbocycles. The third-order valence-corrected chi connectivity index (χ3v) is 4.47. The molecule has 2 aliphatic rings. The zero-order chi connectivity index (χ0) is 13.0. The second-order valence-corrected chi connectivity index (χ2v) is 5.66. The maximum Gasteiger partial charge on any atom is 0.240 e. The first-order valence-corrected chi connectivity index (χ1v) is 7.12. The molecule has 4 nitrogen and oxygen atoms in total. The predicted molar refractivity (Wildman–Crippen MR) is 69.7 cm³/mol. The van der Waals surface area contributed by atoms with Gasteiger partial charge in [0.05, 0.1) is 6.07 Å². The van der Waals surface area contributed by atoms with Crippen molar-refractivity contribution in [2.24, 2.45) is 11.3 Å². The monoisotopic (exact) mass is 249 g/mol. The molecule has 100 valence electrons. The van der Waals surface area contributed by atoms with Gasteiger partial charge in [-0.15, -0.1) is 0 Å². The summed E-state index contributed by atoms with van der Waals surface area (Å²) in [7, 11) is 0. The van der Waals surface area contributed by atoms with Crippen LogP contribution in [0.25, 0.3) is 0 Å². The minimum Gasteiger partial charge on any atom is -0.354 e. The molecule has 1 unspecified atom stereocenters. The highest BCUT2D eigenvalue weighted by atomic mass is 16.2. The van der Waals surface area contributed by atoms with Crippen LogP contribution in [-0.2, 0) is 4.79 Å². The lowest BCUT2D eigenvalue weighted by molar-refractivity contribution is -0.128. The van der Waals surface area contributed by atoms with Crippen LogP contribution < -0.4 is 5.32 Å². The van der Waals surface area contributed by atoms with E-state index in [2.05, 4.69) is 23.2 Å². The number of nitriles is 1.